The smallest absolute Gasteiger partial charge is 0.304 e. The van der Waals surface area contributed by atoms with Crippen LogP contribution in [-0.2, 0) is 21.0 Å². The maximum Gasteiger partial charge on any atom is 0.416 e. The number of alkyl halides is 3. The molecule has 1 fully saturated rings. The van der Waals surface area contributed by atoms with Gasteiger partial charge in [0.15, 0.2) is 5.78 Å². The molecule has 10 heteroatoms. The van der Waals surface area contributed by atoms with Crippen molar-refractivity contribution in [2.75, 3.05) is 12.8 Å². The van der Waals surface area contributed by atoms with Crippen LogP contribution in [0, 0.1) is 5.41 Å². The van der Waals surface area contributed by atoms with Gasteiger partial charge < -0.3 is 5.32 Å². The minimum atomic E-state index is -4.55. The Hall–Kier alpha value is -2.20. The maximum absolute atomic E-state index is 13.4. The topological polar surface area (TPSA) is 83.6 Å². The van der Waals surface area contributed by atoms with E-state index in [1.807, 2.05) is 0 Å². The summed E-state index contributed by atoms with van der Waals surface area (Å²) in [4.78, 5) is 26.5. The fourth-order valence-corrected chi connectivity index (χ4v) is 4.98. The molecule has 0 aliphatic carbocycles. The van der Waals surface area contributed by atoms with E-state index in [0.717, 1.165) is 30.5 Å². The molecule has 2 heterocycles. The number of carbonyl (C=O) groups is 2. The lowest BCUT2D eigenvalue weighted by Gasteiger charge is -2.30. The van der Waals surface area contributed by atoms with Gasteiger partial charge in [0.25, 0.3) is 5.91 Å². The van der Waals surface area contributed by atoms with E-state index in [1.165, 1.54) is 0 Å². The van der Waals surface area contributed by atoms with Gasteiger partial charge in [0.2, 0.25) is 10.0 Å². The number of rotatable bonds is 5. The number of Topliss-reactive ketones (excluding diaryl/α,β-unsaturated/α-hetero) is 1. The molecule has 28 heavy (non-hydrogen) atoms. The van der Waals surface area contributed by atoms with Crippen LogP contribution in [0.1, 0.15) is 35.7 Å². The zero-order valence-electron chi connectivity index (χ0n) is 15.2. The first-order valence-corrected chi connectivity index (χ1v) is 10.5. The molecular formula is C18H19F3N2O4S. The molecule has 0 radical (unpaired) electrons. The highest BCUT2D eigenvalue weighted by molar-refractivity contribution is 7.89. The lowest BCUT2D eigenvalue weighted by Crippen LogP contribution is -2.50. The van der Waals surface area contributed by atoms with E-state index in [-0.39, 0.29) is 24.2 Å². The van der Waals surface area contributed by atoms with Crippen LogP contribution in [0.2, 0.25) is 0 Å². The average Bonchev–Trinajstić information content (AvgIpc) is 3.14. The summed E-state index contributed by atoms with van der Waals surface area (Å²) in [5, 5.41) is 2.99. The van der Waals surface area contributed by atoms with Crippen LogP contribution in [0.5, 0.6) is 0 Å². The zero-order valence-corrected chi connectivity index (χ0v) is 16.0. The molecule has 1 aromatic carbocycles. The number of benzene rings is 1. The predicted octanol–water partition coefficient (Wildman–Crippen LogP) is 2.33. The second kappa shape index (κ2) is 6.70. The summed E-state index contributed by atoms with van der Waals surface area (Å²) in [7, 11) is -3.96. The van der Waals surface area contributed by atoms with Gasteiger partial charge in [0.1, 0.15) is 5.41 Å². The van der Waals surface area contributed by atoms with E-state index in [1.54, 1.807) is 13.0 Å². The molecule has 0 saturated carbocycles. The summed E-state index contributed by atoms with van der Waals surface area (Å²) in [6, 6.07) is 2.76. The molecule has 2 aliphatic rings. The van der Waals surface area contributed by atoms with Crippen molar-refractivity contribution in [3.63, 3.8) is 0 Å². The minimum absolute atomic E-state index is 0.0622. The Morgan fingerprint density at radius 1 is 1.29 bits per heavy atom. The number of hydrogen-bond donors (Lipinski definition) is 1. The van der Waals surface area contributed by atoms with E-state index in [4.69, 9.17) is 0 Å². The standard InChI is InChI=1S/C18H19F3N2O4S/c1-3-9-17(15(24)11-4-6-12(7-5-11)18(19,20)21)14-13(8-10-22-14)23(16(17)25)28(2,26)27/h4-8,14,22H,3,9-10H2,1-2H3/t14-,17+/m0/s1. The monoisotopic (exact) mass is 416 g/mol. The van der Waals surface area contributed by atoms with Crippen molar-refractivity contribution in [1.82, 2.24) is 9.62 Å². The summed E-state index contributed by atoms with van der Waals surface area (Å²) in [5.41, 5.74) is -2.51. The third kappa shape index (κ3) is 3.04. The molecule has 1 saturated heterocycles. The van der Waals surface area contributed by atoms with Gasteiger partial charge in [-0.25, -0.2) is 12.7 Å². The Bertz CT molecular complexity index is 954. The third-order valence-corrected chi connectivity index (χ3v) is 6.12. The molecule has 0 bridgehead atoms. The molecule has 2 aliphatic heterocycles. The number of nitrogens with zero attached hydrogens (tertiary/aromatic N) is 1. The first-order valence-electron chi connectivity index (χ1n) is 8.65. The van der Waals surface area contributed by atoms with Crippen LogP contribution < -0.4 is 5.32 Å². The number of amides is 1. The van der Waals surface area contributed by atoms with E-state index in [2.05, 4.69) is 5.32 Å². The Kier molecular flexibility index (Phi) is 4.91. The maximum atomic E-state index is 13.4. The van der Waals surface area contributed by atoms with E-state index in [9.17, 15) is 31.2 Å². The molecule has 3 rings (SSSR count). The molecule has 0 aromatic heterocycles. The largest absolute Gasteiger partial charge is 0.416 e. The second-order valence-electron chi connectivity index (χ2n) is 6.93. The molecule has 0 spiro atoms. The van der Waals surface area contributed by atoms with Crippen molar-refractivity contribution in [3.8, 4) is 0 Å². The minimum Gasteiger partial charge on any atom is -0.304 e. The average molecular weight is 416 g/mol. The van der Waals surface area contributed by atoms with Crippen LogP contribution in [0.3, 0.4) is 0 Å². The Morgan fingerprint density at radius 2 is 1.89 bits per heavy atom. The summed E-state index contributed by atoms with van der Waals surface area (Å²) < 4.78 is 63.5. The van der Waals surface area contributed by atoms with Gasteiger partial charge in [-0.3, -0.25) is 9.59 Å². The van der Waals surface area contributed by atoms with Crippen LogP contribution in [0.25, 0.3) is 0 Å². The van der Waals surface area contributed by atoms with Gasteiger partial charge in [-0.15, -0.1) is 0 Å². The predicted molar refractivity (Wildman–Crippen MR) is 94.7 cm³/mol. The summed E-state index contributed by atoms with van der Waals surface area (Å²) in [6.07, 6.45) is -1.66. The van der Waals surface area contributed by atoms with Gasteiger partial charge in [-0.1, -0.05) is 25.5 Å². The summed E-state index contributed by atoms with van der Waals surface area (Å²) in [5.74, 6) is -1.56. The number of carbonyl (C=O) groups excluding carboxylic acids is 2. The Balaban J connectivity index is 2.11. The first kappa shape index (κ1) is 20.5. The third-order valence-electron chi connectivity index (χ3n) is 5.08. The van der Waals surface area contributed by atoms with Gasteiger partial charge in [-0.05, 0) is 24.6 Å². The number of fused-ring (bicyclic) bond motifs is 1. The summed E-state index contributed by atoms with van der Waals surface area (Å²) in [6.45, 7) is 2.03. The SMILES string of the molecule is CCC[C@@]1(C(=O)c2ccc(C(F)(F)F)cc2)C(=O)N(S(C)(=O)=O)C2=CCN[C@@H]21. The highest BCUT2D eigenvalue weighted by Gasteiger charge is 2.63. The highest BCUT2D eigenvalue weighted by atomic mass is 32.2. The van der Waals surface area contributed by atoms with Gasteiger partial charge >= 0.3 is 6.18 Å². The molecule has 1 N–H and O–H groups in total. The van der Waals surface area contributed by atoms with Crippen LogP contribution in [-0.4, -0.2) is 43.3 Å². The first-order chi connectivity index (χ1) is 12.9. The van der Waals surface area contributed by atoms with Crippen molar-refractivity contribution in [2.24, 2.45) is 5.41 Å². The van der Waals surface area contributed by atoms with Crippen molar-refractivity contribution in [1.29, 1.82) is 0 Å². The van der Waals surface area contributed by atoms with Crippen LogP contribution in [0.4, 0.5) is 13.2 Å². The lowest BCUT2D eigenvalue weighted by atomic mass is 9.72. The van der Waals surface area contributed by atoms with Gasteiger partial charge in [-0.2, -0.15) is 13.2 Å². The molecule has 1 aromatic rings. The molecule has 2 atom stereocenters. The van der Waals surface area contributed by atoms with E-state index < -0.39 is 44.9 Å². The van der Waals surface area contributed by atoms with E-state index in [0.29, 0.717) is 10.7 Å². The number of sulfonamides is 1. The van der Waals surface area contributed by atoms with Gasteiger partial charge in [0.05, 0.1) is 23.6 Å². The zero-order chi connectivity index (χ0) is 20.9. The quantitative estimate of drug-likeness (QED) is 0.589. The Labute approximate surface area is 160 Å². The molecule has 1 amide bonds. The highest BCUT2D eigenvalue weighted by Crippen LogP contribution is 2.47. The molecule has 152 valence electrons. The lowest BCUT2D eigenvalue weighted by molar-refractivity contribution is -0.137. The molecule has 0 unspecified atom stereocenters. The van der Waals surface area contributed by atoms with Crippen LogP contribution in [0.15, 0.2) is 36.0 Å². The van der Waals surface area contributed by atoms with E-state index >= 15 is 0 Å². The number of hydrogen-bond acceptors (Lipinski definition) is 5. The van der Waals surface area contributed by atoms with Crippen molar-refractivity contribution < 1.29 is 31.2 Å². The Morgan fingerprint density at radius 3 is 2.39 bits per heavy atom. The fraction of sp³-hybridized carbons (Fsp3) is 0.444. The molecular weight excluding hydrogens is 397 g/mol. The number of nitrogens with one attached hydrogen (secondary N) is 1. The van der Waals surface area contributed by atoms with Crippen molar-refractivity contribution >= 4 is 21.7 Å². The van der Waals surface area contributed by atoms with Crippen LogP contribution >= 0.6 is 0 Å². The number of halogens is 3. The summed E-state index contributed by atoms with van der Waals surface area (Å²) >= 11 is 0. The normalized spacial score (nSPS) is 25.0. The van der Waals surface area contributed by atoms with Gasteiger partial charge in [0, 0.05) is 12.1 Å². The second-order valence-corrected chi connectivity index (χ2v) is 8.76. The van der Waals surface area contributed by atoms with Crippen molar-refractivity contribution in [2.45, 2.75) is 32.0 Å². The fourth-order valence-electron chi connectivity index (χ4n) is 3.95. The van der Waals surface area contributed by atoms with Crippen molar-refractivity contribution in [3.05, 3.63) is 47.2 Å². The number of ketones is 1. The molecule has 6 nitrogen and oxygen atoms in total.